The molecule has 1 aromatic carbocycles. The Labute approximate surface area is 176 Å². The van der Waals surface area contributed by atoms with Crippen LogP contribution in [0.4, 0.5) is 0 Å². The highest BCUT2D eigenvalue weighted by atomic mass is 16.5. The minimum atomic E-state index is 0.359. The molecule has 1 aliphatic heterocycles. The largest absolute Gasteiger partial charge is 0.493 e. The van der Waals surface area contributed by atoms with Gasteiger partial charge in [-0.15, -0.1) is 0 Å². The van der Waals surface area contributed by atoms with Gasteiger partial charge in [0.05, 0.1) is 12.7 Å². The zero-order chi connectivity index (χ0) is 20.9. The number of ether oxygens (including phenoxy) is 3. The van der Waals surface area contributed by atoms with Crippen LogP contribution in [0.1, 0.15) is 38.7 Å². The Morgan fingerprint density at radius 1 is 1.17 bits per heavy atom. The van der Waals surface area contributed by atoms with Crippen LogP contribution in [0.3, 0.4) is 0 Å². The van der Waals surface area contributed by atoms with Crippen molar-refractivity contribution in [3.63, 3.8) is 0 Å². The number of methoxy groups -OCH3 is 1. The van der Waals surface area contributed by atoms with Crippen LogP contribution in [0.2, 0.25) is 0 Å². The van der Waals surface area contributed by atoms with Gasteiger partial charge in [-0.3, -0.25) is 4.99 Å². The molecule has 1 fully saturated rings. The van der Waals surface area contributed by atoms with Crippen molar-refractivity contribution in [3.8, 4) is 5.75 Å². The summed E-state index contributed by atoms with van der Waals surface area (Å²) in [5.74, 6) is 2.47. The second kappa shape index (κ2) is 13.4. The summed E-state index contributed by atoms with van der Waals surface area (Å²) in [6, 6.07) is 8.41. The topological polar surface area (TPSA) is 55.3 Å². The second-order valence-corrected chi connectivity index (χ2v) is 7.98. The van der Waals surface area contributed by atoms with E-state index >= 15 is 0 Å². The summed E-state index contributed by atoms with van der Waals surface area (Å²) < 4.78 is 16.8. The molecule has 1 aliphatic rings. The molecule has 2 rings (SSSR count). The molecule has 0 unspecified atom stereocenters. The van der Waals surface area contributed by atoms with E-state index in [9.17, 15) is 0 Å². The summed E-state index contributed by atoms with van der Waals surface area (Å²) >= 11 is 0. The standard InChI is InChI=1S/C23H39N3O3/c1-19(2)18-29-21-8-6-20(7-9-21)10-13-25-23(24-3)26-14-11-22(12-15-26)28-17-5-16-27-4/h6-9,19,22H,5,10-18H2,1-4H3,(H,24,25). The predicted octanol–water partition coefficient (Wildman–Crippen LogP) is 3.36. The van der Waals surface area contributed by atoms with E-state index in [0.717, 1.165) is 76.8 Å². The first-order valence-electron chi connectivity index (χ1n) is 10.9. The normalized spacial score (nSPS) is 15.8. The zero-order valence-electron chi connectivity index (χ0n) is 18.7. The van der Waals surface area contributed by atoms with Crippen molar-refractivity contribution in [3.05, 3.63) is 29.8 Å². The van der Waals surface area contributed by atoms with E-state index in [2.05, 4.69) is 53.3 Å². The highest BCUT2D eigenvalue weighted by Crippen LogP contribution is 2.15. The van der Waals surface area contributed by atoms with Crippen LogP contribution in [0.25, 0.3) is 0 Å². The van der Waals surface area contributed by atoms with Gasteiger partial charge < -0.3 is 24.4 Å². The average molecular weight is 406 g/mol. The molecular formula is C23H39N3O3. The lowest BCUT2D eigenvalue weighted by Gasteiger charge is -2.34. The maximum absolute atomic E-state index is 5.95. The molecule has 1 heterocycles. The van der Waals surface area contributed by atoms with Gasteiger partial charge in [0.15, 0.2) is 5.96 Å². The molecule has 164 valence electrons. The number of rotatable bonds is 11. The highest BCUT2D eigenvalue weighted by Gasteiger charge is 2.21. The Bertz CT molecular complexity index is 582. The molecule has 6 heteroatoms. The van der Waals surface area contributed by atoms with Gasteiger partial charge in [-0.1, -0.05) is 26.0 Å². The molecule has 29 heavy (non-hydrogen) atoms. The van der Waals surface area contributed by atoms with Gasteiger partial charge in [0.25, 0.3) is 0 Å². The fourth-order valence-electron chi connectivity index (χ4n) is 3.35. The molecular weight excluding hydrogens is 366 g/mol. The van der Waals surface area contributed by atoms with Crippen molar-refractivity contribution in [2.75, 3.05) is 53.6 Å². The fraction of sp³-hybridized carbons (Fsp3) is 0.696. The third kappa shape index (κ3) is 9.05. The minimum Gasteiger partial charge on any atom is -0.493 e. The van der Waals surface area contributed by atoms with Gasteiger partial charge in [-0.25, -0.2) is 0 Å². The van der Waals surface area contributed by atoms with Crippen LogP contribution >= 0.6 is 0 Å². The van der Waals surface area contributed by atoms with Gasteiger partial charge in [0.2, 0.25) is 0 Å². The first-order chi connectivity index (χ1) is 14.1. The molecule has 0 radical (unpaired) electrons. The van der Waals surface area contributed by atoms with Crippen molar-refractivity contribution in [1.82, 2.24) is 10.2 Å². The van der Waals surface area contributed by atoms with Crippen LogP contribution in [0.5, 0.6) is 5.75 Å². The van der Waals surface area contributed by atoms with Crippen molar-refractivity contribution < 1.29 is 14.2 Å². The van der Waals surface area contributed by atoms with Crippen molar-refractivity contribution in [2.45, 2.75) is 45.6 Å². The lowest BCUT2D eigenvalue weighted by Crippen LogP contribution is -2.47. The number of guanidine groups is 1. The van der Waals surface area contributed by atoms with Crippen LogP contribution in [0, 0.1) is 5.92 Å². The molecule has 0 saturated carbocycles. The number of nitrogens with one attached hydrogen (secondary N) is 1. The van der Waals surface area contributed by atoms with Gasteiger partial charge in [-0.2, -0.15) is 0 Å². The Morgan fingerprint density at radius 3 is 2.52 bits per heavy atom. The van der Waals surface area contributed by atoms with Crippen LogP contribution in [-0.4, -0.2) is 70.6 Å². The molecule has 6 nitrogen and oxygen atoms in total. The van der Waals surface area contributed by atoms with Crippen LogP contribution in [-0.2, 0) is 15.9 Å². The number of piperidine rings is 1. The number of benzene rings is 1. The molecule has 1 N–H and O–H groups in total. The number of hydrogen-bond acceptors (Lipinski definition) is 4. The third-order valence-corrected chi connectivity index (χ3v) is 5.00. The zero-order valence-corrected chi connectivity index (χ0v) is 18.7. The summed E-state index contributed by atoms with van der Waals surface area (Å²) in [7, 11) is 3.59. The SMILES string of the molecule is CN=C(NCCc1ccc(OCC(C)C)cc1)N1CCC(OCCCOC)CC1. The quantitative estimate of drug-likeness (QED) is 0.348. The molecule has 1 saturated heterocycles. The Hall–Kier alpha value is -1.79. The summed E-state index contributed by atoms with van der Waals surface area (Å²) in [6.07, 6.45) is 4.38. The highest BCUT2D eigenvalue weighted by molar-refractivity contribution is 5.79. The predicted molar refractivity (Wildman–Crippen MR) is 119 cm³/mol. The van der Waals surface area contributed by atoms with Crippen molar-refractivity contribution in [2.24, 2.45) is 10.9 Å². The number of nitrogens with zero attached hydrogens (tertiary/aromatic N) is 2. The fourth-order valence-corrected chi connectivity index (χ4v) is 3.35. The summed E-state index contributed by atoms with van der Waals surface area (Å²) in [5.41, 5.74) is 1.30. The molecule has 1 aromatic rings. The van der Waals surface area contributed by atoms with Crippen LogP contribution < -0.4 is 10.1 Å². The summed E-state index contributed by atoms with van der Waals surface area (Å²) in [6.45, 7) is 9.46. The molecule has 0 spiro atoms. The molecule has 0 bridgehead atoms. The van der Waals surface area contributed by atoms with Crippen molar-refractivity contribution >= 4 is 5.96 Å². The third-order valence-electron chi connectivity index (χ3n) is 5.00. The molecule has 0 atom stereocenters. The first kappa shape index (κ1) is 23.5. The van der Waals surface area contributed by atoms with Crippen LogP contribution in [0.15, 0.2) is 29.3 Å². The Balaban J connectivity index is 1.66. The first-order valence-corrected chi connectivity index (χ1v) is 10.9. The van der Waals surface area contributed by atoms with Gasteiger partial charge in [0, 0.05) is 47.0 Å². The monoisotopic (exact) mass is 405 g/mol. The molecule has 0 aliphatic carbocycles. The van der Waals surface area contributed by atoms with E-state index in [1.807, 2.05) is 7.05 Å². The Morgan fingerprint density at radius 2 is 1.90 bits per heavy atom. The van der Waals surface area contributed by atoms with Gasteiger partial charge in [0.1, 0.15) is 5.75 Å². The molecule has 0 amide bonds. The number of hydrogen-bond donors (Lipinski definition) is 1. The van der Waals surface area contributed by atoms with Gasteiger partial charge >= 0.3 is 0 Å². The number of aliphatic imine (C=N–C) groups is 1. The lowest BCUT2D eigenvalue weighted by molar-refractivity contribution is 0.00992. The molecule has 0 aromatic heterocycles. The lowest BCUT2D eigenvalue weighted by atomic mass is 10.1. The minimum absolute atomic E-state index is 0.359. The van der Waals surface area contributed by atoms with E-state index in [4.69, 9.17) is 14.2 Å². The van der Waals surface area contributed by atoms with E-state index < -0.39 is 0 Å². The van der Waals surface area contributed by atoms with E-state index in [-0.39, 0.29) is 0 Å². The maximum Gasteiger partial charge on any atom is 0.193 e. The van der Waals surface area contributed by atoms with Gasteiger partial charge in [-0.05, 0) is 49.3 Å². The average Bonchev–Trinajstić information content (AvgIpc) is 2.74. The smallest absolute Gasteiger partial charge is 0.193 e. The van der Waals surface area contributed by atoms with Crippen molar-refractivity contribution in [1.29, 1.82) is 0 Å². The van der Waals surface area contributed by atoms with E-state index in [0.29, 0.717) is 12.0 Å². The van der Waals surface area contributed by atoms with E-state index in [1.165, 1.54) is 5.56 Å². The summed E-state index contributed by atoms with van der Waals surface area (Å²) in [4.78, 5) is 6.79. The second-order valence-electron chi connectivity index (χ2n) is 7.98. The Kier molecular flexibility index (Phi) is 10.9. The number of likely N-dealkylation sites (tertiary alicyclic amines) is 1. The van der Waals surface area contributed by atoms with E-state index in [1.54, 1.807) is 7.11 Å². The summed E-state index contributed by atoms with van der Waals surface area (Å²) in [5, 5.41) is 3.50. The maximum atomic E-state index is 5.95.